The Hall–Kier alpha value is -2.82. The first-order chi connectivity index (χ1) is 12.0. The van der Waals surface area contributed by atoms with E-state index in [1.165, 1.54) is 12.7 Å². The lowest BCUT2D eigenvalue weighted by molar-refractivity contribution is 0.0600. The van der Waals surface area contributed by atoms with E-state index in [2.05, 4.69) is 22.8 Å². The zero-order valence-corrected chi connectivity index (χ0v) is 14.8. The summed E-state index contributed by atoms with van der Waals surface area (Å²) < 4.78 is 4.71. The van der Waals surface area contributed by atoms with E-state index in [0.717, 1.165) is 18.4 Å². The number of aryl methyl sites for hydroxylation is 2. The van der Waals surface area contributed by atoms with E-state index in [4.69, 9.17) is 4.74 Å². The van der Waals surface area contributed by atoms with E-state index in [-0.39, 0.29) is 12.1 Å². The fourth-order valence-corrected chi connectivity index (χ4v) is 2.48. The van der Waals surface area contributed by atoms with Crippen LogP contribution < -0.4 is 10.6 Å². The van der Waals surface area contributed by atoms with Gasteiger partial charge in [0.25, 0.3) is 0 Å². The van der Waals surface area contributed by atoms with Crippen LogP contribution in [0.4, 0.5) is 10.5 Å². The summed E-state index contributed by atoms with van der Waals surface area (Å²) in [4.78, 5) is 23.8. The predicted molar refractivity (Wildman–Crippen MR) is 98.9 cm³/mol. The maximum absolute atomic E-state index is 12.2. The number of rotatable bonds is 6. The molecule has 0 heterocycles. The van der Waals surface area contributed by atoms with Gasteiger partial charge in [0.1, 0.15) is 0 Å². The van der Waals surface area contributed by atoms with Gasteiger partial charge < -0.3 is 15.4 Å². The minimum atomic E-state index is -0.431. The van der Waals surface area contributed by atoms with Crippen LogP contribution in [0.25, 0.3) is 0 Å². The average molecular weight is 340 g/mol. The SMILES string of the molecule is COC(=O)c1ccc(C)c(NC(=O)NC(C)CCc2ccccc2)c1. The molecule has 5 nitrogen and oxygen atoms in total. The zero-order valence-electron chi connectivity index (χ0n) is 14.8. The highest BCUT2D eigenvalue weighted by molar-refractivity contribution is 5.94. The average Bonchev–Trinajstić information content (AvgIpc) is 2.62. The maximum atomic E-state index is 12.2. The predicted octanol–water partition coefficient (Wildman–Crippen LogP) is 3.92. The Kier molecular flexibility index (Phi) is 6.57. The largest absolute Gasteiger partial charge is 0.465 e. The Morgan fingerprint density at radius 3 is 2.52 bits per heavy atom. The molecule has 0 aliphatic heterocycles. The molecule has 0 fully saturated rings. The number of amides is 2. The molecule has 0 aromatic heterocycles. The van der Waals surface area contributed by atoms with Gasteiger partial charge in [-0.2, -0.15) is 0 Å². The molecule has 2 amide bonds. The molecule has 0 bridgehead atoms. The Bertz CT molecular complexity index is 729. The Labute approximate surface area is 148 Å². The van der Waals surface area contributed by atoms with Crippen molar-refractivity contribution in [1.82, 2.24) is 5.32 Å². The van der Waals surface area contributed by atoms with Crippen LogP contribution >= 0.6 is 0 Å². The monoisotopic (exact) mass is 340 g/mol. The third-order valence-corrected chi connectivity index (χ3v) is 3.99. The van der Waals surface area contributed by atoms with E-state index < -0.39 is 5.97 Å². The second kappa shape index (κ2) is 8.87. The molecule has 0 spiro atoms. The molecule has 2 rings (SSSR count). The van der Waals surface area contributed by atoms with Crippen LogP contribution in [0.5, 0.6) is 0 Å². The van der Waals surface area contributed by atoms with Crippen molar-refractivity contribution in [3.8, 4) is 0 Å². The van der Waals surface area contributed by atoms with Crippen LogP contribution in [0.1, 0.15) is 34.8 Å². The topological polar surface area (TPSA) is 67.4 Å². The van der Waals surface area contributed by atoms with E-state index >= 15 is 0 Å². The van der Waals surface area contributed by atoms with E-state index in [1.54, 1.807) is 18.2 Å². The number of hydrogen-bond acceptors (Lipinski definition) is 3. The summed E-state index contributed by atoms with van der Waals surface area (Å²) in [6.07, 6.45) is 1.75. The molecule has 2 N–H and O–H groups in total. The van der Waals surface area contributed by atoms with Crippen molar-refractivity contribution in [1.29, 1.82) is 0 Å². The molecule has 25 heavy (non-hydrogen) atoms. The summed E-state index contributed by atoms with van der Waals surface area (Å²) in [6, 6.07) is 15.0. The zero-order chi connectivity index (χ0) is 18.2. The number of urea groups is 1. The molecule has 0 saturated carbocycles. The van der Waals surface area contributed by atoms with E-state index in [1.807, 2.05) is 32.0 Å². The summed E-state index contributed by atoms with van der Waals surface area (Å²) in [5, 5.41) is 5.72. The first kappa shape index (κ1) is 18.5. The van der Waals surface area contributed by atoms with Gasteiger partial charge in [0, 0.05) is 11.7 Å². The van der Waals surface area contributed by atoms with Crippen LogP contribution in [0.2, 0.25) is 0 Å². The lowest BCUT2D eigenvalue weighted by Crippen LogP contribution is -2.36. The molecular formula is C20H24N2O3. The van der Waals surface area contributed by atoms with Crippen LogP contribution in [0.15, 0.2) is 48.5 Å². The van der Waals surface area contributed by atoms with Gasteiger partial charge >= 0.3 is 12.0 Å². The van der Waals surface area contributed by atoms with Crippen molar-refractivity contribution < 1.29 is 14.3 Å². The fourth-order valence-electron chi connectivity index (χ4n) is 2.48. The molecule has 2 aromatic carbocycles. The number of anilines is 1. The van der Waals surface area contributed by atoms with Crippen molar-refractivity contribution in [3.63, 3.8) is 0 Å². The first-order valence-electron chi connectivity index (χ1n) is 8.30. The third-order valence-electron chi connectivity index (χ3n) is 3.99. The molecule has 2 aromatic rings. The first-order valence-corrected chi connectivity index (χ1v) is 8.30. The minimum Gasteiger partial charge on any atom is -0.465 e. The number of nitrogens with one attached hydrogen (secondary N) is 2. The van der Waals surface area contributed by atoms with Gasteiger partial charge in [-0.05, 0) is 49.9 Å². The molecule has 5 heteroatoms. The molecule has 1 unspecified atom stereocenters. The van der Waals surface area contributed by atoms with E-state index in [9.17, 15) is 9.59 Å². The summed E-state index contributed by atoms with van der Waals surface area (Å²) in [6.45, 7) is 3.84. The fraction of sp³-hybridized carbons (Fsp3) is 0.300. The van der Waals surface area contributed by atoms with Crippen molar-refractivity contribution in [2.75, 3.05) is 12.4 Å². The van der Waals surface area contributed by atoms with Crippen LogP contribution in [-0.4, -0.2) is 25.2 Å². The van der Waals surface area contributed by atoms with Crippen LogP contribution in [0, 0.1) is 6.92 Å². The molecule has 0 aliphatic rings. The molecule has 0 radical (unpaired) electrons. The Morgan fingerprint density at radius 1 is 1.12 bits per heavy atom. The molecular weight excluding hydrogens is 316 g/mol. The normalized spacial score (nSPS) is 11.5. The molecule has 1 atom stereocenters. The van der Waals surface area contributed by atoms with Gasteiger partial charge in [-0.15, -0.1) is 0 Å². The van der Waals surface area contributed by atoms with Gasteiger partial charge in [-0.25, -0.2) is 9.59 Å². The van der Waals surface area contributed by atoms with Gasteiger partial charge in [0.2, 0.25) is 0 Å². The summed E-state index contributed by atoms with van der Waals surface area (Å²) >= 11 is 0. The van der Waals surface area contributed by atoms with Crippen LogP contribution in [0.3, 0.4) is 0 Å². The lowest BCUT2D eigenvalue weighted by atomic mass is 10.1. The Morgan fingerprint density at radius 2 is 1.84 bits per heavy atom. The highest BCUT2D eigenvalue weighted by atomic mass is 16.5. The van der Waals surface area contributed by atoms with Crippen molar-refractivity contribution in [2.45, 2.75) is 32.7 Å². The number of methoxy groups -OCH3 is 1. The number of hydrogen-bond donors (Lipinski definition) is 2. The number of ether oxygens (including phenoxy) is 1. The Balaban J connectivity index is 1.90. The number of benzene rings is 2. The van der Waals surface area contributed by atoms with Crippen molar-refractivity contribution >= 4 is 17.7 Å². The van der Waals surface area contributed by atoms with Gasteiger partial charge in [0.05, 0.1) is 12.7 Å². The van der Waals surface area contributed by atoms with Gasteiger partial charge in [0.15, 0.2) is 0 Å². The second-order valence-corrected chi connectivity index (χ2v) is 6.05. The quantitative estimate of drug-likeness (QED) is 0.783. The number of carbonyl (C=O) groups excluding carboxylic acids is 2. The number of esters is 1. The molecule has 0 aliphatic carbocycles. The van der Waals surface area contributed by atoms with Crippen molar-refractivity contribution in [2.24, 2.45) is 0 Å². The summed E-state index contributed by atoms with van der Waals surface area (Å²) in [5.74, 6) is -0.431. The second-order valence-electron chi connectivity index (χ2n) is 6.05. The van der Waals surface area contributed by atoms with Crippen molar-refractivity contribution in [3.05, 3.63) is 65.2 Å². The lowest BCUT2D eigenvalue weighted by Gasteiger charge is -2.16. The molecule has 0 saturated heterocycles. The summed E-state index contributed by atoms with van der Waals surface area (Å²) in [5.41, 5.74) is 3.12. The maximum Gasteiger partial charge on any atom is 0.337 e. The van der Waals surface area contributed by atoms with Crippen LogP contribution in [-0.2, 0) is 11.2 Å². The standard InChI is InChI=1S/C20H24N2O3/c1-14-9-12-17(19(23)25-3)13-18(14)22-20(24)21-15(2)10-11-16-7-5-4-6-8-16/h4-9,12-13,15H,10-11H2,1-3H3,(H2,21,22,24). The highest BCUT2D eigenvalue weighted by Crippen LogP contribution is 2.17. The van der Waals surface area contributed by atoms with Gasteiger partial charge in [-0.1, -0.05) is 36.4 Å². The smallest absolute Gasteiger partial charge is 0.337 e. The third kappa shape index (κ3) is 5.64. The summed E-state index contributed by atoms with van der Waals surface area (Å²) in [7, 11) is 1.33. The highest BCUT2D eigenvalue weighted by Gasteiger charge is 2.12. The van der Waals surface area contributed by atoms with E-state index in [0.29, 0.717) is 11.3 Å². The number of carbonyl (C=O) groups is 2. The van der Waals surface area contributed by atoms with Gasteiger partial charge in [-0.3, -0.25) is 0 Å². The minimum absolute atomic E-state index is 0.0318. The molecule has 132 valence electrons.